The molecule has 0 fully saturated rings. The number of amides is 1. The molecular weight excluding hydrogens is 353 g/mol. The van der Waals surface area contributed by atoms with Crippen LogP contribution in [0.1, 0.15) is 16.0 Å². The van der Waals surface area contributed by atoms with Crippen molar-refractivity contribution in [3.8, 4) is 11.8 Å². The molecule has 1 N–H and O–H groups in total. The third-order valence-corrected chi connectivity index (χ3v) is 4.37. The molecule has 7 heteroatoms. The Kier molecular flexibility index (Phi) is 5.56. The molecule has 2 aromatic carbocycles. The van der Waals surface area contributed by atoms with E-state index in [2.05, 4.69) is 10.3 Å². The number of nitriles is 1. The number of carbonyl (C=O) groups is 1. The summed E-state index contributed by atoms with van der Waals surface area (Å²) in [7, 11) is 0. The second-order valence-electron chi connectivity index (χ2n) is 5.38. The van der Waals surface area contributed by atoms with Crippen LogP contribution in [0, 0.1) is 17.1 Å². The lowest BCUT2D eigenvalue weighted by Crippen LogP contribution is -2.20. The quantitative estimate of drug-likeness (QED) is 0.720. The van der Waals surface area contributed by atoms with Gasteiger partial charge in [0.15, 0.2) is 11.7 Å². The molecular formula is C19H14FN3O2S. The van der Waals surface area contributed by atoms with E-state index in [4.69, 9.17) is 10.00 Å². The van der Waals surface area contributed by atoms with Gasteiger partial charge in [0.25, 0.3) is 5.91 Å². The Bertz CT molecular complexity index is 948. The van der Waals surface area contributed by atoms with E-state index < -0.39 is 0 Å². The van der Waals surface area contributed by atoms with Gasteiger partial charge in [-0.3, -0.25) is 10.1 Å². The molecule has 0 saturated heterocycles. The molecule has 26 heavy (non-hydrogen) atoms. The first-order chi connectivity index (χ1) is 12.6. The van der Waals surface area contributed by atoms with Crippen molar-refractivity contribution in [2.45, 2.75) is 6.42 Å². The minimum Gasteiger partial charge on any atom is -0.482 e. The van der Waals surface area contributed by atoms with Crippen molar-refractivity contribution in [3.05, 3.63) is 76.5 Å². The molecule has 5 nitrogen and oxygen atoms in total. The smallest absolute Gasteiger partial charge is 0.264 e. The Labute approximate surface area is 153 Å². The average molecular weight is 367 g/mol. The first kappa shape index (κ1) is 17.6. The van der Waals surface area contributed by atoms with Crippen LogP contribution in [0.4, 0.5) is 9.52 Å². The molecule has 0 saturated carbocycles. The molecule has 0 atom stereocenters. The van der Waals surface area contributed by atoms with E-state index in [-0.39, 0.29) is 18.3 Å². The highest BCUT2D eigenvalue weighted by atomic mass is 32.1. The van der Waals surface area contributed by atoms with Crippen molar-refractivity contribution in [1.29, 1.82) is 5.26 Å². The Balaban J connectivity index is 1.54. The fraction of sp³-hybridized carbons (Fsp3) is 0.105. The van der Waals surface area contributed by atoms with Gasteiger partial charge in [-0.15, -0.1) is 11.3 Å². The minimum absolute atomic E-state index is 0.217. The van der Waals surface area contributed by atoms with E-state index in [0.29, 0.717) is 22.9 Å². The van der Waals surface area contributed by atoms with Crippen LogP contribution in [0.25, 0.3) is 0 Å². The Morgan fingerprint density at radius 2 is 2.00 bits per heavy atom. The molecule has 0 unspecified atom stereocenters. The average Bonchev–Trinajstić information content (AvgIpc) is 3.09. The van der Waals surface area contributed by atoms with Gasteiger partial charge in [-0.05, 0) is 29.8 Å². The number of aromatic nitrogens is 1. The van der Waals surface area contributed by atoms with Crippen LogP contribution in [0.15, 0.2) is 54.7 Å². The molecule has 130 valence electrons. The number of ether oxygens (including phenoxy) is 1. The largest absolute Gasteiger partial charge is 0.482 e. The number of nitrogens with one attached hydrogen (secondary N) is 1. The summed E-state index contributed by atoms with van der Waals surface area (Å²) < 4.78 is 18.3. The maximum absolute atomic E-state index is 12.9. The zero-order chi connectivity index (χ0) is 18.4. The molecule has 0 spiro atoms. The lowest BCUT2D eigenvalue weighted by atomic mass is 10.1. The molecule has 0 radical (unpaired) electrons. The van der Waals surface area contributed by atoms with E-state index in [1.165, 1.54) is 23.5 Å². The van der Waals surface area contributed by atoms with Crippen LogP contribution in [0.5, 0.6) is 5.75 Å². The van der Waals surface area contributed by atoms with E-state index in [1.54, 1.807) is 42.6 Å². The summed E-state index contributed by atoms with van der Waals surface area (Å²) in [6, 6.07) is 15.0. The van der Waals surface area contributed by atoms with Crippen molar-refractivity contribution >= 4 is 22.4 Å². The van der Waals surface area contributed by atoms with E-state index in [1.807, 2.05) is 6.07 Å². The second kappa shape index (κ2) is 8.23. The SMILES string of the molecule is N#Cc1ccccc1OCC(=O)Nc1ncc(Cc2ccc(F)cc2)s1. The van der Waals surface area contributed by atoms with Crippen molar-refractivity contribution in [3.63, 3.8) is 0 Å². The van der Waals surface area contributed by atoms with Crippen molar-refractivity contribution < 1.29 is 13.9 Å². The van der Waals surface area contributed by atoms with Gasteiger partial charge >= 0.3 is 0 Å². The van der Waals surface area contributed by atoms with Gasteiger partial charge in [-0.25, -0.2) is 9.37 Å². The molecule has 1 aromatic heterocycles. The highest BCUT2D eigenvalue weighted by molar-refractivity contribution is 7.15. The number of carbonyl (C=O) groups excluding carboxylic acids is 1. The van der Waals surface area contributed by atoms with Crippen LogP contribution in [-0.4, -0.2) is 17.5 Å². The number of halogens is 1. The zero-order valence-electron chi connectivity index (χ0n) is 13.6. The Morgan fingerprint density at radius 1 is 1.23 bits per heavy atom. The summed E-state index contributed by atoms with van der Waals surface area (Å²) in [4.78, 5) is 17.1. The molecule has 0 aliphatic rings. The van der Waals surface area contributed by atoms with Gasteiger partial charge in [0.2, 0.25) is 0 Å². The fourth-order valence-electron chi connectivity index (χ4n) is 2.23. The lowest BCUT2D eigenvalue weighted by Gasteiger charge is -2.06. The maximum atomic E-state index is 12.9. The maximum Gasteiger partial charge on any atom is 0.264 e. The molecule has 0 aliphatic carbocycles. The zero-order valence-corrected chi connectivity index (χ0v) is 14.4. The van der Waals surface area contributed by atoms with Gasteiger partial charge in [-0.2, -0.15) is 5.26 Å². The molecule has 3 aromatic rings. The molecule has 1 heterocycles. The first-order valence-corrected chi connectivity index (χ1v) is 8.56. The number of benzene rings is 2. The molecule has 1 amide bonds. The third kappa shape index (κ3) is 4.65. The summed E-state index contributed by atoms with van der Waals surface area (Å²) in [5.74, 6) is -0.273. The molecule has 0 aliphatic heterocycles. The highest BCUT2D eigenvalue weighted by Gasteiger charge is 2.10. The fourth-order valence-corrected chi connectivity index (χ4v) is 3.10. The van der Waals surface area contributed by atoms with Crippen molar-refractivity contribution in [2.24, 2.45) is 0 Å². The van der Waals surface area contributed by atoms with Gasteiger partial charge in [0.1, 0.15) is 17.6 Å². The lowest BCUT2D eigenvalue weighted by molar-refractivity contribution is -0.118. The summed E-state index contributed by atoms with van der Waals surface area (Å²) in [5, 5.41) is 12.1. The molecule has 0 bridgehead atoms. The summed E-state index contributed by atoms with van der Waals surface area (Å²) in [6.07, 6.45) is 2.29. The topological polar surface area (TPSA) is 75.0 Å². The van der Waals surface area contributed by atoms with Gasteiger partial charge in [0.05, 0.1) is 5.56 Å². The number of rotatable bonds is 6. The monoisotopic (exact) mass is 367 g/mol. The highest BCUT2D eigenvalue weighted by Crippen LogP contribution is 2.21. The van der Waals surface area contributed by atoms with Crippen LogP contribution in [-0.2, 0) is 11.2 Å². The van der Waals surface area contributed by atoms with Gasteiger partial charge in [0, 0.05) is 17.5 Å². The molecule has 3 rings (SSSR count). The van der Waals surface area contributed by atoms with Crippen LogP contribution in [0.2, 0.25) is 0 Å². The number of hydrogen-bond donors (Lipinski definition) is 1. The van der Waals surface area contributed by atoms with Crippen LogP contribution in [0.3, 0.4) is 0 Å². The van der Waals surface area contributed by atoms with Crippen LogP contribution >= 0.6 is 11.3 Å². The van der Waals surface area contributed by atoms with Crippen molar-refractivity contribution in [2.75, 3.05) is 11.9 Å². The van der Waals surface area contributed by atoms with E-state index in [0.717, 1.165) is 10.4 Å². The number of para-hydroxylation sites is 1. The number of hydrogen-bond acceptors (Lipinski definition) is 5. The van der Waals surface area contributed by atoms with E-state index in [9.17, 15) is 9.18 Å². The summed E-state index contributed by atoms with van der Waals surface area (Å²) in [5.41, 5.74) is 1.33. The van der Waals surface area contributed by atoms with Crippen molar-refractivity contribution in [1.82, 2.24) is 4.98 Å². The summed E-state index contributed by atoms with van der Waals surface area (Å²) in [6.45, 7) is -0.217. The number of thiazole rings is 1. The van der Waals surface area contributed by atoms with E-state index >= 15 is 0 Å². The predicted octanol–water partition coefficient (Wildman–Crippen LogP) is 3.76. The number of nitrogens with zero attached hydrogens (tertiary/aromatic N) is 2. The first-order valence-electron chi connectivity index (χ1n) is 7.75. The van der Waals surface area contributed by atoms with Crippen LogP contribution < -0.4 is 10.1 Å². The predicted molar refractivity (Wildman–Crippen MR) is 96.6 cm³/mol. The Morgan fingerprint density at radius 3 is 2.77 bits per heavy atom. The normalized spacial score (nSPS) is 10.2. The minimum atomic E-state index is -0.361. The standard InChI is InChI=1S/C19H14FN3O2S/c20-15-7-5-13(6-8-15)9-16-11-22-19(26-16)23-18(24)12-25-17-4-2-1-3-14(17)10-21/h1-8,11H,9,12H2,(H,22,23,24). The number of anilines is 1. The second-order valence-corrected chi connectivity index (χ2v) is 6.49. The Hall–Kier alpha value is -3.24. The summed E-state index contributed by atoms with van der Waals surface area (Å²) >= 11 is 1.34. The van der Waals surface area contributed by atoms with Gasteiger partial charge in [-0.1, -0.05) is 24.3 Å². The van der Waals surface area contributed by atoms with Gasteiger partial charge < -0.3 is 4.74 Å². The third-order valence-electron chi connectivity index (χ3n) is 3.46.